The van der Waals surface area contributed by atoms with Gasteiger partial charge in [-0.2, -0.15) is 0 Å². The van der Waals surface area contributed by atoms with E-state index in [0.29, 0.717) is 5.92 Å². The van der Waals surface area contributed by atoms with Gasteiger partial charge in [-0.25, -0.2) is 0 Å². The number of unbranched alkanes of at least 4 members (excludes halogenated alkanes) is 1. The zero-order valence-electron chi connectivity index (χ0n) is 38.2. The van der Waals surface area contributed by atoms with Crippen molar-refractivity contribution in [3.05, 3.63) is 247 Å². The maximum absolute atomic E-state index is 3.83. The summed E-state index contributed by atoms with van der Waals surface area (Å²) < 4.78 is 0. The summed E-state index contributed by atoms with van der Waals surface area (Å²) in [4.78, 5) is 0. The molecule has 5 aromatic rings. The van der Waals surface area contributed by atoms with E-state index in [1.54, 1.807) is 6.08 Å². The molecule has 1 aliphatic carbocycles. The van der Waals surface area contributed by atoms with Gasteiger partial charge < -0.3 is 0 Å². The van der Waals surface area contributed by atoms with E-state index in [4.69, 9.17) is 0 Å². The maximum atomic E-state index is 3.83. The fourth-order valence-electron chi connectivity index (χ4n) is 6.83. The molecule has 0 nitrogen and oxygen atoms in total. The zero-order chi connectivity index (χ0) is 43.9. The lowest BCUT2D eigenvalue weighted by molar-refractivity contribution is 0.665. The Kier molecular flexibility index (Phi) is 24.4. The first-order chi connectivity index (χ1) is 29.9. The zero-order valence-corrected chi connectivity index (χ0v) is 38.2. The molecule has 0 aliphatic heterocycles. The molecule has 61 heavy (non-hydrogen) atoms. The lowest BCUT2D eigenvalue weighted by Gasteiger charge is -2.10. The summed E-state index contributed by atoms with van der Waals surface area (Å²) in [6, 6.07) is 47.7. The van der Waals surface area contributed by atoms with Crippen LogP contribution in [0.4, 0.5) is 0 Å². The smallest absolute Gasteiger partial charge is 0.00884 e. The topological polar surface area (TPSA) is 0 Å². The summed E-state index contributed by atoms with van der Waals surface area (Å²) in [6.45, 7) is 20.4. The first-order valence-electron chi connectivity index (χ1n) is 22.6. The Labute approximate surface area is 371 Å². The molecule has 0 spiro atoms. The molecule has 0 heterocycles. The summed E-state index contributed by atoms with van der Waals surface area (Å²) in [7, 11) is 0. The van der Waals surface area contributed by atoms with Gasteiger partial charge in [0.2, 0.25) is 0 Å². The Balaban J connectivity index is 0.000000278. The molecular weight excluding hydrogens is 733 g/mol. The van der Waals surface area contributed by atoms with Crippen LogP contribution in [-0.2, 0) is 12.8 Å². The molecule has 316 valence electrons. The minimum absolute atomic E-state index is 0.687. The standard InChI is InChI=1S/C31H30.C18H26.C10H10.C2H6/c1-25(27-21-23-31(24-22-27)29-13-5-2-3-6-14-29)11-9-10-12-26-17-19-30(20-18-26)28-15-7-4-8-16-28;1-4-6-7-8-9-11-17-12-14-18(15-13-17)16(3)10-5-2;1-3-9(2)10-7-5-4-6-8-10;1-2/h2-8,11,13,15-24H,9-10,12,14H2,1H3;6-9,12-16H,4-5,10-11H2,1-3H3;3-8H,1-2H2;1-2H3/b25-11+;7-6-,9-8-;;. The first-order valence-corrected chi connectivity index (χ1v) is 22.6. The van der Waals surface area contributed by atoms with Crippen LogP contribution in [-0.4, -0.2) is 0 Å². The maximum Gasteiger partial charge on any atom is -0.00884 e. The van der Waals surface area contributed by atoms with Crippen LogP contribution in [0.15, 0.2) is 213 Å². The molecule has 1 atom stereocenters. The van der Waals surface area contributed by atoms with Crippen LogP contribution in [0.1, 0.15) is 119 Å². The van der Waals surface area contributed by atoms with E-state index in [1.165, 1.54) is 69.4 Å². The lowest BCUT2D eigenvalue weighted by Crippen LogP contribution is -1.93. The predicted molar refractivity (Wildman–Crippen MR) is 275 cm³/mol. The fourth-order valence-corrected chi connectivity index (χ4v) is 6.83. The van der Waals surface area contributed by atoms with Crippen LogP contribution in [0.5, 0.6) is 0 Å². The van der Waals surface area contributed by atoms with Gasteiger partial charge in [0, 0.05) is 0 Å². The molecule has 0 fully saturated rings. The van der Waals surface area contributed by atoms with Crippen LogP contribution in [0.25, 0.3) is 27.8 Å². The second kappa shape index (κ2) is 30.1. The molecule has 1 aliphatic rings. The highest BCUT2D eigenvalue weighted by Crippen LogP contribution is 2.25. The van der Waals surface area contributed by atoms with E-state index >= 15 is 0 Å². The van der Waals surface area contributed by atoms with Crippen LogP contribution in [0.2, 0.25) is 0 Å². The van der Waals surface area contributed by atoms with Crippen molar-refractivity contribution in [3.8, 4) is 11.1 Å². The third-order valence-electron chi connectivity index (χ3n) is 10.5. The van der Waals surface area contributed by atoms with Gasteiger partial charge in [0.1, 0.15) is 0 Å². The van der Waals surface area contributed by atoms with Crippen LogP contribution < -0.4 is 0 Å². The minimum Gasteiger partial charge on any atom is -0.0985 e. The van der Waals surface area contributed by atoms with E-state index in [2.05, 4.69) is 205 Å². The van der Waals surface area contributed by atoms with Crippen molar-refractivity contribution in [2.75, 3.05) is 0 Å². The molecule has 5 aromatic carbocycles. The minimum atomic E-state index is 0.687. The lowest BCUT2D eigenvalue weighted by atomic mass is 9.95. The second-order valence-electron chi connectivity index (χ2n) is 15.1. The Morgan fingerprint density at radius 1 is 0.656 bits per heavy atom. The molecule has 0 amide bonds. The largest absolute Gasteiger partial charge is 0.0985 e. The number of rotatable bonds is 16. The van der Waals surface area contributed by atoms with E-state index in [9.17, 15) is 0 Å². The van der Waals surface area contributed by atoms with E-state index in [0.717, 1.165) is 43.2 Å². The molecule has 1 unspecified atom stereocenters. The molecule has 6 rings (SSSR count). The number of allylic oxidation sites excluding steroid dienone is 14. The van der Waals surface area contributed by atoms with Gasteiger partial charge in [-0.1, -0.05) is 254 Å². The second-order valence-corrected chi connectivity index (χ2v) is 15.1. The predicted octanol–water partition coefficient (Wildman–Crippen LogP) is 18.2. The average Bonchev–Trinajstić information content (AvgIpc) is 3.62. The Bertz CT molecular complexity index is 2130. The van der Waals surface area contributed by atoms with Crippen molar-refractivity contribution in [1.29, 1.82) is 0 Å². The van der Waals surface area contributed by atoms with Gasteiger partial charge >= 0.3 is 0 Å². The van der Waals surface area contributed by atoms with Gasteiger partial charge in [-0.15, -0.1) is 0 Å². The number of hydrogen-bond donors (Lipinski definition) is 0. The van der Waals surface area contributed by atoms with Gasteiger partial charge in [0.25, 0.3) is 0 Å². The SMILES string of the molecule is C/C(=C\CCCc1ccc(-c2ccccc2)cc1)c1ccc(C2=CC=CC=CC2)cc1.C=CC(=C)c1ccccc1.CC.CC/C=C\C=C/Cc1ccc(C(C)CCC)cc1. The van der Waals surface area contributed by atoms with Crippen molar-refractivity contribution in [2.24, 2.45) is 0 Å². The van der Waals surface area contributed by atoms with Crippen molar-refractivity contribution in [2.45, 2.75) is 98.8 Å². The normalized spacial score (nSPS) is 12.5. The monoisotopic (exact) mass is 805 g/mol. The Hall–Kier alpha value is -5.98. The summed E-state index contributed by atoms with van der Waals surface area (Å²) >= 11 is 0. The van der Waals surface area contributed by atoms with Gasteiger partial charge in [-0.3, -0.25) is 0 Å². The van der Waals surface area contributed by atoms with Crippen molar-refractivity contribution in [1.82, 2.24) is 0 Å². The summed E-state index contributed by atoms with van der Waals surface area (Å²) in [5.41, 5.74) is 14.3. The molecule has 0 bridgehead atoms. The van der Waals surface area contributed by atoms with Crippen LogP contribution >= 0.6 is 0 Å². The highest BCUT2D eigenvalue weighted by molar-refractivity contribution is 5.72. The molecule has 0 N–H and O–H groups in total. The highest BCUT2D eigenvalue weighted by Gasteiger charge is 2.04. The van der Waals surface area contributed by atoms with Crippen molar-refractivity contribution < 1.29 is 0 Å². The molecule has 0 heteroatoms. The third kappa shape index (κ3) is 18.9. The summed E-state index contributed by atoms with van der Waals surface area (Å²) in [5, 5.41) is 0. The van der Waals surface area contributed by atoms with Gasteiger partial charge in [0.15, 0.2) is 0 Å². The molecule has 0 saturated heterocycles. The van der Waals surface area contributed by atoms with Crippen LogP contribution in [0.3, 0.4) is 0 Å². The van der Waals surface area contributed by atoms with E-state index in [1.807, 2.05) is 44.2 Å². The van der Waals surface area contributed by atoms with Crippen molar-refractivity contribution in [3.63, 3.8) is 0 Å². The molecule has 0 saturated carbocycles. The van der Waals surface area contributed by atoms with E-state index < -0.39 is 0 Å². The van der Waals surface area contributed by atoms with Crippen LogP contribution in [0, 0.1) is 0 Å². The number of hydrogen-bond acceptors (Lipinski definition) is 0. The van der Waals surface area contributed by atoms with Gasteiger partial charge in [0.05, 0.1) is 0 Å². The summed E-state index contributed by atoms with van der Waals surface area (Å²) in [5.74, 6) is 0.687. The molecule has 0 aromatic heterocycles. The Morgan fingerprint density at radius 2 is 1.26 bits per heavy atom. The first kappa shape index (κ1) is 49.4. The number of benzene rings is 5. The average molecular weight is 805 g/mol. The summed E-state index contributed by atoms with van der Waals surface area (Å²) in [6.07, 6.45) is 32.6. The molecule has 0 radical (unpaired) electrons. The molecular formula is C61H72. The quantitative estimate of drug-likeness (QED) is 0.0688. The Morgan fingerprint density at radius 3 is 1.90 bits per heavy atom. The van der Waals surface area contributed by atoms with Crippen molar-refractivity contribution >= 4 is 16.7 Å². The highest BCUT2D eigenvalue weighted by atomic mass is 14.1. The fraction of sp³-hybridized carbons (Fsp3) is 0.246. The van der Waals surface area contributed by atoms with Gasteiger partial charge in [-0.05, 0) is 119 Å². The van der Waals surface area contributed by atoms with E-state index in [-0.39, 0.29) is 0 Å². The number of aryl methyl sites for hydroxylation is 1. The third-order valence-corrected chi connectivity index (χ3v) is 10.5.